The van der Waals surface area contributed by atoms with Crippen LogP contribution in [0.25, 0.3) is 0 Å². The molecule has 90 valence electrons. The Morgan fingerprint density at radius 2 is 1.94 bits per heavy atom. The van der Waals surface area contributed by atoms with Gasteiger partial charge in [0, 0.05) is 0 Å². The highest BCUT2D eigenvalue weighted by Crippen LogP contribution is 2.32. The molecular weight excluding hydrogens is 262 g/mol. The zero-order chi connectivity index (χ0) is 12.6. The van der Waals surface area contributed by atoms with Crippen molar-refractivity contribution >= 4 is 45.9 Å². The standard InChI is InChI=1S/C10H9NO4S2/c1-5-2-8(17-9(5)10(14)15)11-6(12)3-16-4-7(11)13/h2H,3-4H2,1H3,(H,14,15). The molecule has 5 nitrogen and oxygen atoms in total. The summed E-state index contributed by atoms with van der Waals surface area (Å²) in [5, 5.41) is 9.33. The van der Waals surface area contributed by atoms with Crippen LogP contribution >= 0.6 is 23.1 Å². The third-order valence-electron chi connectivity index (χ3n) is 2.27. The molecular formula is C10H9NO4S2. The lowest BCUT2D eigenvalue weighted by atomic mass is 10.3. The summed E-state index contributed by atoms with van der Waals surface area (Å²) < 4.78 is 0. The van der Waals surface area contributed by atoms with Gasteiger partial charge in [0.05, 0.1) is 11.5 Å². The van der Waals surface area contributed by atoms with E-state index in [1.165, 1.54) is 11.8 Å². The highest BCUT2D eigenvalue weighted by molar-refractivity contribution is 8.00. The van der Waals surface area contributed by atoms with Gasteiger partial charge in [-0.1, -0.05) is 0 Å². The molecule has 2 amide bonds. The summed E-state index contributed by atoms with van der Waals surface area (Å²) in [6.45, 7) is 1.65. The topological polar surface area (TPSA) is 74.7 Å². The van der Waals surface area contributed by atoms with E-state index in [1.807, 2.05) is 0 Å². The van der Waals surface area contributed by atoms with E-state index in [-0.39, 0.29) is 28.2 Å². The van der Waals surface area contributed by atoms with Gasteiger partial charge in [-0.15, -0.1) is 23.1 Å². The van der Waals surface area contributed by atoms with Crippen molar-refractivity contribution in [2.24, 2.45) is 0 Å². The lowest BCUT2D eigenvalue weighted by molar-refractivity contribution is -0.124. The fourth-order valence-electron chi connectivity index (χ4n) is 1.53. The zero-order valence-electron chi connectivity index (χ0n) is 8.93. The second kappa shape index (κ2) is 4.50. The highest BCUT2D eigenvalue weighted by atomic mass is 32.2. The summed E-state index contributed by atoms with van der Waals surface area (Å²) in [6.07, 6.45) is 0. The number of nitrogens with zero attached hydrogens (tertiary/aromatic N) is 1. The van der Waals surface area contributed by atoms with Gasteiger partial charge >= 0.3 is 5.97 Å². The Bertz CT molecular complexity index is 492. The van der Waals surface area contributed by atoms with Crippen LogP contribution in [0.15, 0.2) is 6.07 Å². The minimum atomic E-state index is -1.04. The molecule has 1 aromatic rings. The molecule has 0 radical (unpaired) electrons. The van der Waals surface area contributed by atoms with Crippen LogP contribution in [0.3, 0.4) is 0 Å². The van der Waals surface area contributed by atoms with Gasteiger partial charge in [-0.2, -0.15) is 0 Å². The van der Waals surface area contributed by atoms with E-state index in [2.05, 4.69) is 0 Å². The Labute approximate surface area is 105 Å². The molecule has 0 saturated carbocycles. The molecule has 1 aliphatic rings. The lowest BCUT2D eigenvalue weighted by Gasteiger charge is -2.22. The maximum absolute atomic E-state index is 11.6. The zero-order valence-corrected chi connectivity index (χ0v) is 10.6. The molecule has 0 bridgehead atoms. The summed E-state index contributed by atoms with van der Waals surface area (Å²) >= 11 is 2.23. The first kappa shape index (κ1) is 12.1. The van der Waals surface area contributed by atoms with E-state index in [4.69, 9.17) is 5.11 Å². The molecule has 0 unspecified atom stereocenters. The Morgan fingerprint density at radius 1 is 1.35 bits per heavy atom. The van der Waals surface area contributed by atoms with Gasteiger partial charge in [-0.3, -0.25) is 9.59 Å². The van der Waals surface area contributed by atoms with E-state index in [0.29, 0.717) is 10.6 Å². The van der Waals surface area contributed by atoms with E-state index in [9.17, 15) is 14.4 Å². The van der Waals surface area contributed by atoms with Crippen molar-refractivity contribution in [2.45, 2.75) is 6.92 Å². The normalized spacial score (nSPS) is 16.4. The molecule has 7 heteroatoms. The molecule has 1 saturated heterocycles. The van der Waals surface area contributed by atoms with Gasteiger partial charge in [0.15, 0.2) is 0 Å². The number of hydrogen-bond donors (Lipinski definition) is 1. The molecule has 17 heavy (non-hydrogen) atoms. The molecule has 2 rings (SSSR count). The van der Waals surface area contributed by atoms with Crippen LogP contribution in [0.1, 0.15) is 15.2 Å². The molecule has 2 heterocycles. The number of aryl methyl sites for hydroxylation is 1. The summed E-state index contributed by atoms with van der Waals surface area (Å²) in [6, 6.07) is 1.57. The number of rotatable bonds is 2. The minimum absolute atomic E-state index is 0.166. The van der Waals surface area contributed by atoms with Crippen molar-refractivity contribution < 1.29 is 19.5 Å². The Morgan fingerprint density at radius 3 is 2.41 bits per heavy atom. The van der Waals surface area contributed by atoms with Crippen molar-refractivity contribution in [3.8, 4) is 0 Å². The molecule has 1 N–H and O–H groups in total. The molecule has 1 fully saturated rings. The van der Waals surface area contributed by atoms with Crippen LogP contribution in [0.4, 0.5) is 5.00 Å². The summed E-state index contributed by atoms with van der Waals surface area (Å²) in [5.74, 6) is -1.10. The number of carboxylic acid groups (broad SMARTS) is 1. The van der Waals surface area contributed by atoms with E-state index < -0.39 is 5.97 Å². The third-order valence-corrected chi connectivity index (χ3v) is 4.38. The maximum atomic E-state index is 11.6. The largest absolute Gasteiger partial charge is 0.477 e. The molecule has 1 aliphatic heterocycles. The number of thiophene rings is 1. The number of imide groups is 1. The molecule has 0 aliphatic carbocycles. The number of carbonyl (C=O) groups is 3. The predicted molar refractivity (Wildman–Crippen MR) is 65.8 cm³/mol. The van der Waals surface area contributed by atoms with E-state index in [0.717, 1.165) is 16.2 Å². The fourth-order valence-corrected chi connectivity index (χ4v) is 3.28. The fraction of sp³-hybridized carbons (Fsp3) is 0.300. The Balaban J connectivity index is 2.39. The number of carboxylic acids is 1. The van der Waals surface area contributed by atoms with Gasteiger partial charge in [0.1, 0.15) is 9.88 Å². The molecule has 1 aromatic heterocycles. The first-order valence-electron chi connectivity index (χ1n) is 4.78. The molecule has 0 atom stereocenters. The van der Waals surface area contributed by atoms with E-state index >= 15 is 0 Å². The SMILES string of the molecule is Cc1cc(N2C(=O)CSCC2=O)sc1C(=O)O. The number of thioether (sulfide) groups is 1. The number of anilines is 1. The number of hydrogen-bond acceptors (Lipinski definition) is 5. The van der Waals surface area contributed by atoms with Gasteiger partial charge < -0.3 is 5.11 Å². The smallest absolute Gasteiger partial charge is 0.346 e. The Kier molecular flexibility index (Phi) is 3.21. The number of carbonyl (C=O) groups excluding carboxylic acids is 2. The van der Waals surface area contributed by atoms with Gasteiger partial charge in [-0.05, 0) is 18.6 Å². The summed E-state index contributed by atoms with van der Waals surface area (Å²) in [4.78, 5) is 35.4. The predicted octanol–water partition coefficient (Wildman–Crippen LogP) is 1.36. The Hall–Kier alpha value is -1.34. The lowest BCUT2D eigenvalue weighted by Crippen LogP contribution is -2.42. The van der Waals surface area contributed by atoms with Crippen molar-refractivity contribution in [3.05, 3.63) is 16.5 Å². The van der Waals surface area contributed by atoms with Gasteiger partial charge in [0.2, 0.25) is 11.8 Å². The first-order chi connectivity index (χ1) is 8.00. The second-order valence-corrected chi connectivity index (χ2v) is 5.53. The van der Waals surface area contributed by atoms with Crippen LogP contribution in [-0.4, -0.2) is 34.4 Å². The average Bonchev–Trinajstić information content (AvgIpc) is 2.60. The highest BCUT2D eigenvalue weighted by Gasteiger charge is 2.30. The molecule has 0 aromatic carbocycles. The van der Waals surface area contributed by atoms with Crippen LogP contribution in [0.2, 0.25) is 0 Å². The third kappa shape index (κ3) is 2.20. The van der Waals surface area contributed by atoms with Crippen LogP contribution < -0.4 is 4.90 Å². The minimum Gasteiger partial charge on any atom is -0.477 e. The van der Waals surface area contributed by atoms with Gasteiger partial charge in [-0.25, -0.2) is 9.69 Å². The summed E-state index contributed by atoms with van der Waals surface area (Å²) in [7, 11) is 0. The average molecular weight is 271 g/mol. The number of aromatic carboxylic acids is 1. The number of amides is 2. The van der Waals surface area contributed by atoms with Crippen molar-refractivity contribution in [2.75, 3.05) is 16.4 Å². The van der Waals surface area contributed by atoms with Crippen LogP contribution in [0.5, 0.6) is 0 Å². The summed E-state index contributed by atoms with van der Waals surface area (Å²) in [5.41, 5.74) is 0.566. The quantitative estimate of drug-likeness (QED) is 0.822. The second-order valence-electron chi connectivity index (χ2n) is 3.52. The van der Waals surface area contributed by atoms with Crippen LogP contribution in [0, 0.1) is 6.92 Å². The monoisotopic (exact) mass is 271 g/mol. The van der Waals surface area contributed by atoms with Crippen molar-refractivity contribution in [3.63, 3.8) is 0 Å². The van der Waals surface area contributed by atoms with Crippen molar-refractivity contribution in [1.29, 1.82) is 0 Å². The first-order valence-corrected chi connectivity index (χ1v) is 6.75. The van der Waals surface area contributed by atoms with Crippen molar-refractivity contribution in [1.82, 2.24) is 0 Å². The van der Waals surface area contributed by atoms with Crippen LogP contribution in [-0.2, 0) is 9.59 Å². The van der Waals surface area contributed by atoms with E-state index in [1.54, 1.807) is 13.0 Å². The van der Waals surface area contributed by atoms with Gasteiger partial charge in [0.25, 0.3) is 0 Å². The molecule has 0 spiro atoms. The maximum Gasteiger partial charge on any atom is 0.346 e.